The van der Waals surface area contributed by atoms with Crippen LogP contribution in [-0.4, -0.2) is 18.1 Å². The van der Waals surface area contributed by atoms with Crippen molar-refractivity contribution < 1.29 is 15.3 Å². The van der Waals surface area contributed by atoms with Crippen LogP contribution in [-0.2, 0) is 11.2 Å². The fourth-order valence-corrected chi connectivity index (χ4v) is 1.16. The topological polar surface area (TPSA) is 61.8 Å². The summed E-state index contributed by atoms with van der Waals surface area (Å²) in [6.45, 7) is 1.54. The molecule has 0 aliphatic rings. The lowest BCUT2D eigenvalue weighted by Crippen LogP contribution is -2.65. The smallest absolute Gasteiger partial charge is 0.187 e. The minimum atomic E-state index is -0.197. The van der Waals surface area contributed by atoms with Crippen LogP contribution in [0.5, 0.6) is 0 Å². The average molecular weight is 192 g/mol. The molecule has 0 bridgehead atoms. The molecule has 0 aromatic heterocycles. The monoisotopic (exact) mass is 192 g/mol. The van der Waals surface area contributed by atoms with Crippen LogP contribution in [0.25, 0.3) is 0 Å². The Balaban J connectivity index is 2.68. The zero-order valence-electron chi connectivity index (χ0n) is 8.19. The van der Waals surface area contributed by atoms with Gasteiger partial charge in [-0.25, -0.2) is 0 Å². The van der Waals surface area contributed by atoms with E-state index in [2.05, 4.69) is 5.73 Å². The van der Waals surface area contributed by atoms with Gasteiger partial charge in [0.25, 0.3) is 0 Å². The highest BCUT2D eigenvalue weighted by atomic mass is 16.1. The van der Waals surface area contributed by atoms with Crippen molar-refractivity contribution in [1.82, 2.24) is 0 Å². The molecule has 14 heavy (non-hydrogen) atoms. The Labute approximate surface area is 82.9 Å². The van der Waals surface area contributed by atoms with Crippen LogP contribution >= 0.6 is 0 Å². The predicted octanol–water partition coefficient (Wildman–Crippen LogP) is 0.241. The maximum absolute atomic E-state index is 11.0. The average Bonchev–Trinajstić information content (AvgIpc) is 2.19. The van der Waals surface area contributed by atoms with Crippen molar-refractivity contribution in [2.24, 2.45) is 0 Å². The Morgan fingerprint density at radius 1 is 1.43 bits per heavy atom. The number of hydrogen-bond acceptors (Lipinski definition) is 2. The van der Waals surface area contributed by atoms with E-state index in [9.17, 15) is 9.59 Å². The fraction of sp³-hybridized carbons (Fsp3) is 0.273. The molecule has 3 N–H and O–H groups in total. The third-order valence-corrected chi connectivity index (χ3v) is 2.17. The number of carbonyl (C=O) groups excluding carboxylic acids is 2. The second-order valence-corrected chi connectivity index (χ2v) is 3.37. The molecule has 74 valence electrons. The zero-order chi connectivity index (χ0) is 10.6. The minimum absolute atomic E-state index is 0.0875. The van der Waals surface area contributed by atoms with Crippen LogP contribution in [0.2, 0.25) is 0 Å². The lowest BCUT2D eigenvalue weighted by Gasteiger charge is -2.04. The number of ketones is 1. The molecule has 0 saturated carbocycles. The van der Waals surface area contributed by atoms with Gasteiger partial charge in [-0.3, -0.25) is 9.59 Å². The van der Waals surface area contributed by atoms with Gasteiger partial charge in [0.1, 0.15) is 12.3 Å². The van der Waals surface area contributed by atoms with Crippen LogP contribution in [0.4, 0.5) is 0 Å². The number of hydrogen-bond donors (Lipinski definition) is 1. The highest BCUT2D eigenvalue weighted by molar-refractivity contribution is 5.80. The van der Waals surface area contributed by atoms with E-state index < -0.39 is 0 Å². The van der Waals surface area contributed by atoms with Crippen LogP contribution in [0.3, 0.4) is 0 Å². The van der Waals surface area contributed by atoms with Gasteiger partial charge in [0.2, 0.25) is 0 Å². The first-order chi connectivity index (χ1) is 6.63. The molecule has 1 aromatic rings. The van der Waals surface area contributed by atoms with Crippen molar-refractivity contribution in [3.8, 4) is 0 Å². The van der Waals surface area contributed by atoms with Crippen molar-refractivity contribution in [2.75, 3.05) is 0 Å². The number of aldehydes is 1. The van der Waals surface area contributed by atoms with E-state index in [1.165, 1.54) is 6.92 Å². The molecule has 0 amide bonds. The van der Waals surface area contributed by atoms with E-state index in [4.69, 9.17) is 0 Å². The first-order valence-electron chi connectivity index (χ1n) is 4.51. The Bertz CT molecular complexity index is 330. The van der Waals surface area contributed by atoms with Crippen LogP contribution in [0, 0.1) is 0 Å². The van der Waals surface area contributed by atoms with Gasteiger partial charge in [-0.2, -0.15) is 0 Å². The molecule has 0 heterocycles. The quantitative estimate of drug-likeness (QED) is 0.695. The number of quaternary nitrogens is 1. The summed E-state index contributed by atoms with van der Waals surface area (Å²) in [6, 6.07) is 7.00. The van der Waals surface area contributed by atoms with E-state index >= 15 is 0 Å². The Morgan fingerprint density at radius 3 is 2.43 bits per heavy atom. The molecule has 0 fully saturated rings. The Morgan fingerprint density at radius 2 is 2.00 bits per heavy atom. The second-order valence-electron chi connectivity index (χ2n) is 3.37. The van der Waals surface area contributed by atoms with Gasteiger partial charge in [-0.05, 0) is 5.56 Å². The first kappa shape index (κ1) is 10.6. The highest BCUT2D eigenvalue weighted by Gasteiger charge is 2.12. The maximum Gasteiger partial charge on any atom is 0.187 e. The molecule has 0 aliphatic heterocycles. The van der Waals surface area contributed by atoms with Gasteiger partial charge in [-0.1, -0.05) is 24.3 Å². The SMILES string of the molecule is CC(=O)[C@@H]([NH3+])Cc1ccc(C=O)cc1. The summed E-state index contributed by atoms with van der Waals surface area (Å²) in [7, 11) is 0. The fourth-order valence-electron chi connectivity index (χ4n) is 1.16. The van der Waals surface area contributed by atoms with Gasteiger partial charge >= 0.3 is 0 Å². The summed E-state index contributed by atoms with van der Waals surface area (Å²) in [5.41, 5.74) is 5.44. The predicted molar refractivity (Wildman–Crippen MR) is 52.9 cm³/mol. The largest absolute Gasteiger partial charge is 0.349 e. The normalized spacial score (nSPS) is 12.1. The van der Waals surface area contributed by atoms with Crippen LogP contribution in [0.15, 0.2) is 24.3 Å². The molecule has 0 saturated heterocycles. The van der Waals surface area contributed by atoms with Gasteiger partial charge < -0.3 is 5.73 Å². The van der Waals surface area contributed by atoms with E-state index in [0.29, 0.717) is 12.0 Å². The van der Waals surface area contributed by atoms with Crippen molar-refractivity contribution in [3.63, 3.8) is 0 Å². The molecular weight excluding hydrogens is 178 g/mol. The summed E-state index contributed by atoms with van der Waals surface area (Å²) in [6.07, 6.45) is 1.44. The molecule has 1 atom stereocenters. The van der Waals surface area contributed by atoms with Crippen molar-refractivity contribution in [2.45, 2.75) is 19.4 Å². The van der Waals surface area contributed by atoms with E-state index in [0.717, 1.165) is 11.8 Å². The van der Waals surface area contributed by atoms with Gasteiger partial charge in [0.15, 0.2) is 5.78 Å². The number of benzene rings is 1. The number of Topliss-reactive ketones (excluding diaryl/α,β-unsaturated/α-hetero) is 1. The van der Waals surface area contributed by atoms with E-state index in [1.807, 2.05) is 12.1 Å². The van der Waals surface area contributed by atoms with Gasteiger partial charge in [0, 0.05) is 18.9 Å². The second kappa shape index (κ2) is 4.67. The standard InChI is InChI=1S/C11H13NO2/c1-8(14)11(12)6-9-2-4-10(7-13)5-3-9/h2-5,7,11H,6,12H2,1H3/p+1/t11-/m0/s1. The lowest BCUT2D eigenvalue weighted by atomic mass is 10.0. The van der Waals surface area contributed by atoms with E-state index in [1.54, 1.807) is 12.1 Å². The third-order valence-electron chi connectivity index (χ3n) is 2.17. The summed E-state index contributed by atoms with van der Waals surface area (Å²) in [4.78, 5) is 21.3. The maximum atomic E-state index is 11.0. The van der Waals surface area contributed by atoms with E-state index in [-0.39, 0.29) is 11.8 Å². The highest BCUT2D eigenvalue weighted by Crippen LogP contribution is 2.04. The molecule has 3 nitrogen and oxygen atoms in total. The van der Waals surface area contributed by atoms with Crippen molar-refractivity contribution >= 4 is 12.1 Å². The molecule has 0 unspecified atom stereocenters. The Hall–Kier alpha value is -1.48. The third kappa shape index (κ3) is 2.78. The molecule has 3 heteroatoms. The van der Waals surface area contributed by atoms with Crippen LogP contribution in [0.1, 0.15) is 22.8 Å². The summed E-state index contributed by atoms with van der Waals surface area (Å²) in [5, 5.41) is 0. The summed E-state index contributed by atoms with van der Waals surface area (Å²) in [5.74, 6) is 0.0875. The molecular formula is C11H14NO2+. The van der Waals surface area contributed by atoms with Crippen molar-refractivity contribution in [3.05, 3.63) is 35.4 Å². The van der Waals surface area contributed by atoms with Crippen molar-refractivity contribution in [1.29, 1.82) is 0 Å². The molecule has 1 aromatic carbocycles. The van der Waals surface area contributed by atoms with Crippen LogP contribution < -0.4 is 5.73 Å². The lowest BCUT2D eigenvalue weighted by molar-refractivity contribution is -0.402. The first-order valence-corrected chi connectivity index (χ1v) is 4.51. The number of carbonyl (C=O) groups is 2. The molecule has 0 spiro atoms. The molecule has 1 rings (SSSR count). The summed E-state index contributed by atoms with van der Waals surface area (Å²) < 4.78 is 0. The molecule has 0 aliphatic carbocycles. The minimum Gasteiger partial charge on any atom is -0.349 e. The molecule has 0 radical (unpaired) electrons. The number of rotatable bonds is 4. The Kier molecular flexibility index (Phi) is 3.54. The zero-order valence-corrected chi connectivity index (χ0v) is 8.19. The van der Waals surface area contributed by atoms with Gasteiger partial charge in [0.05, 0.1) is 0 Å². The van der Waals surface area contributed by atoms with Gasteiger partial charge in [-0.15, -0.1) is 0 Å². The summed E-state index contributed by atoms with van der Waals surface area (Å²) >= 11 is 0.